The molecule has 0 saturated heterocycles. The monoisotopic (exact) mass is 366 g/mol. The maximum atomic E-state index is 13.2. The third kappa shape index (κ3) is 2.57. The van der Waals surface area contributed by atoms with Gasteiger partial charge in [-0.1, -0.05) is 12.1 Å². The summed E-state index contributed by atoms with van der Waals surface area (Å²) >= 11 is 0. The number of hydrogen-bond donors (Lipinski definition) is 0. The molecule has 0 saturated carbocycles. The summed E-state index contributed by atoms with van der Waals surface area (Å²) < 4.78 is 37.3. The third-order valence-corrected chi connectivity index (χ3v) is 4.27. The zero-order chi connectivity index (χ0) is 18.6. The van der Waals surface area contributed by atoms with Crippen molar-refractivity contribution in [2.75, 3.05) is 0 Å². The van der Waals surface area contributed by atoms with E-state index >= 15 is 0 Å². The second kappa shape index (κ2) is 5.47. The first-order chi connectivity index (χ1) is 13.0. The number of fused-ring (bicyclic) bond motifs is 2. The van der Waals surface area contributed by atoms with Gasteiger partial charge >= 0.3 is 6.29 Å². The third-order valence-electron chi connectivity index (χ3n) is 4.27. The Morgan fingerprint density at radius 1 is 0.963 bits per heavy atom. The fourth-order valence-corrected chi connectivity index (χ4v) is 3.12. The Morgan fingerprint density at radius 2 is 1.78 bits per heavy atom. The first-order valence-corrected chi connectivity index (χ1v) is 8.18. The van der Waals surface area contributed by atoms with Crippen molar-refractivity contribution in [2.24, 2.45) is 0 Å². The minimum absolute atomic E-state index is 0.00511. The number of nitrogens with zero attached hydrogens (tertiary/aromatic N) is 4. The van der Waals surface area contributed by atoms with Crippen LogP contribution in [0.25, 0.3) is 28.2 Å². The number of aryl methyl sites for hydroxylation is 1. The molecular weight excluding hydrogens is 354 g/mol. The van der Waals surface area contributed by atoms with Crippen LogP contribution in [-0.2, 0) is 0 Å². The van der Waals surface area contributed by atoms with Crippen LogP contribution in [0.5, 0.6) is 11.5 Å². The van der Waals surface area contributed by atoms with Gasteiger partial charge in [0.1, 0.15) is 5.82 Å². The fraction of sp³-hybridized carbons (Fsp3) is 0.105. The summed E-state index contributed by atoms with van der Waals surface area (Å²) in [6.45, 7) is 1.87. The van der Waals surface area contributed by atoms with Crippen LogP contribution in [0.2, 0.25) is 0 Å². The smallest absolute Gasteiger partial charge is 0.395 e. The summed E-state index contributed by atoms with van der Waals surface area (Å²) in [6, 6.07) is 13.9. The van der Waals surface area contributed by atoms with Gasteiger partial charge in [0.15, 0.2) is 11.5 Å². The number of benzene rings is 2. The van der Waals surface area contributed by atoms with Crippen LogP contribution in [0, 0.1) is 6.92 Å². The second-order valence-corrected chi connectivity index (χ2v) is 6.05. The average molecular weight is 366 g/mol. The van der Waals surface area contributed by atoms with Crippen LogP contribution >= 0.6 is 0 Å². The Labute approximate surface area is 152 Å². The molecule has 5 rings (SSSR count). The van der Waals surface area contributed by atoms with E-state index in [9.17, 15) is 8.78 Å². The molecule has 0 atom stereocenters. The molecule has 0 N–H and O–H groups in total. The van der Waals surface area contributed by atoms with Crippen molar-refractivity contribution >= 4 is 11.0 Å². The largest absolute Gasteiger partial charge is 0.586 e. The number of hydrogen-bond acceptors (Lipinski definition) is 5. The molecule has 0 bridgehead atoms. The van der Waals surface area contributed by atoms with E-state index in [1.165, 1.54) is 12.1 Å². The van der Waals surface area contributed by atoms with Crippen molar-refractivity contribution in [3.63, 3.8) is 0 Å². The molecule has 1 aliphatic heterocycles. The van der Waals surface area contributed by atoms with Crippen molar-refractivity contribution in [3.05, 3.63) is 60.6 Å². The standard InChI is InChI=1S/C19H12F2N4O2/c1-11-23-14-4-2-3-5-15(14)25(11)18-22-9-8-13(24-18)12-6-7-16-17(10-12)27-19(20,21)26-16/h2-10H,1H3. The summed E-state index contributed by atoms with van der Waals surface area (Å²) in [7, 11) is 0. The van der Waals surface area contributed by atoms with Crippen LogP contribution in [0.3, 0.4) is 0 Å². The van der Waals surface area contributed by atoms with Crippen LogP contribution in [-0.4, -0.2) is 25.8 Å². The van der Waals surface area contributed by atoms with Crippen LogP contribution < -0.4 is 9.47 Å². The number of ether oxygens (including phenoxy) is 2. The Kier molecular flexibility index (Phi) is 3.18. The number of aromatic nitrogens is 4. The Hall–Kier alpha value is -3.55. The quantitative estimate of drug-likeness (QED) is 0.534. The lowest BCUT2D eigenvalue weighted by Crippen LogP contribution is -2.25. The van der Waals surface area contributed by atoms with Gasteiger partial charge in [0, 0.05) is 11.8 Å². The predicted molar refractivity (Wildman–Crippen MR) is 93.0 cm³/mol. The fourth-order valence-electron chi connectivity index (χ4n) is 3.12. The molecule has 0 radical (unpaired) electrons. The van der Waals surface area contributed by atoms with E-state index < -0.39 is 6.29 Å². The minimum atomic E-state index is -3.65. The van der Waals surface area contributed by atoms with Crippen LogP contribution in [0.1, 0.15) is 5.82 Å². The van der Waals surface area contributed by atoms with E-state index in [0.717, 1.165) is 16.9 Å². The van der Waals surface area contributed by atoms with Crippen molar-refractivity contribution in [3.8, 4) is 28.7 Å². The van der Waals surface area contributed by atoms with Gasteiger partial charge in [-0.05, 0) is 43.3 Å². The molecule has 6 nitrogen and oxygen atoms in total. The molecule has 0 spiro atoms. The zero-order valence-electron chi connectivity index (χ0n) is 14.1. The highest BCUT2D eigenvalue weighted by atomic mass is 19.3. The predicted octanol–water partition coefficient (Wildman–Crippen LogP) is 4.11. The number of imidazole rings is 1. The van der Waals surface area contributed by atoms with Crippen LogP contribution in [0.15, 0.2) is 54.7 Å². The van der Waals surface area contributed by atoms with Crippen molar-refractivity contribution in [1.29, 1.82) is 0 Å². The summed E-state index contributed by atoms with van der Waals surface area (Å²) in [4.78, 5) is 13.5. The van der Waals surface area contributed by atoms with E-state index in [1.54, 1.807) is 18.3 Å². The lowest BCUT2D eigenvalue weighted by molar-refractivity contribution is -0.286. The molecule has 3 heterocycles. The zero-order valence-corrected chi connectivity index (χ0v) is 14.1. The molecule has 0 fully saturated rings. The van der Waals surface area contributed by atoms with E-state index in [4.69, 9.17) is 0 Å². The highest BCUT2D eigenvalue weighted by molar-refractivity contribution is 5.77. The minimum Gasteiger partial charge on any atom is -0.395 e. The van der Waals surface area contributed by atoms with Crippen molar-refractivity contribution < 1.29 is 18.3 Å². The number of para-hydroxylation sites is 2. The first-order valence-electron chi connectivity index (χ1n) is 8.18. The summed E-state index contributed by atoms with van der Waals surface area (Å²) in [5.74, 6) is 1.16. The van der Waals surface area contributed by atoms with E-state index in [2.05, 4.69) is 24.4 Å². The van der Waals surface area contributed by atoms with Crippen LogP contribution in [0.4, 0.5) is 8.78 Å². The van der Waals surface area contributed by atoms with Crippen molar-refractivity contribution in [2.45, 2.75) is 13.2 Å². The lowest BCUT2D eigenvalue weighted by Gasteiger charge is -2.07. The molecule has 0 aliphatic carbocycles. The van der Waals surface area contributed by atoms with Gasteiger partial charge in [0.05, 0.1) is 16.7 Å². The van der Waals surface area contributed by atoms with Gasteiger partial charge in [-0.3, -0.25) is 4.57 Å². The molecule has 27 heavy (non-hydrogen) atoms. The second-order valence-electron chi connectivity index (χ2n) is 6.05. The maximum absolute atomic E-state index is 13.2. The van der Waals surface area contributed by atoms with Gasteiger partial charge in [-0.25, -0.2) is 15.0 Å². The molecular formula is C19H12F2N4O2. The van der Waals surface area contributed by atoms with Crippen molar-refractivity contribution in [1.82, 2.24) is 19.5 Å². The average Bonchev–Trinajstić information content (AvgIpc) is 3.14. The van der Waals surface area contributed by atoms with Gasteiger partial charge in [0.2, 0.25) is 5.95 Å². The number of halogens is 2. The summed E-state index contributed by atoms with van der Waals surface area (Å²) in [5.41, 5.74) is 2.91. The molecule has 2 aromatic heterocycles. The Bertz CT molecular complexity index is 1190. The lowest BCUT2D eigenvalue weighted by atomic mass is 10.1. The van der Waals surface area contributed by atoms with Gasteiger partial charge < -0.3 is 9.47 Å². The summed E-state index contributed by atoms with van der Waals surface area (Å²) in [5, 5.41) is 0. The van der Waals surface area contributed by atoms with Gasteiger partial charge in [-0.2, -0.15) is 0 Å². The molecule has 4 aromatic rings. The van der Waals surface area contributed by atoms with E-state index in [1.807, 2.05) is 35.8 Å². The normalized spacial score (nSPS) is 14.6. The summed E-state index contributed by atoms with van der Waals surface area (Å²) in [6.07, 6.45) is -2.03. The Morgan fingerprint density at radius 3 is 2.67 bits per heavy atom. The molecule has 8 heteroatoms. The SMILES string of the molecule is Cc1nc2ccccc2n1-c1nccc(-c2ccc3c(c2)OC(F)(F)O3)n1. The van der Waals surface area contributed by atoms with Gasteiger partial charge in [-0.15, -0.1) is 8.78 Å². The van der Waals surface area contributed by atoms with Gasteiger partial charge in [0.25, 0.3) is 0 Å². The molecule has 0 unspecified atom stereocenters. The molecule has 0 amide bonds. The van der Waals surface area contributed by atoms with E-state index in [-0.39, 0.29) is 11.5 Å². The Balaban J connectivity index is 1.60. The topological polar surface area (TPSA) is 62.1 Å². The first kappa shape index (κ1) is 15.7. The molecule has 1 aliphatic rings. The highest BCUT2D eigenvalue weighted by Crippen LogP contribution is 2.42. The maximum Gasteiger partial charge on any atom is 0.586 e. The number of rotatable bonds is 2. The number of alkyl halides is 2. The molecule has 134 valence electrons. The molecule has 2 aromatic carbocycles. The highest BCUT2D eigenvalue weighted by Gasteiger charge is 2.43. The van der Waals surface area contributed by atoms with E-state index in [0.29, 0.717) is 17.2 Å².